The molecule has 1 atom stereocenters. The van der Waals surface area contributed by atoms with E-state index in [1.165, 1.54) is 4.90 Å². The Kier molecular flexibility index (Phi) is 7.10. The molecular formula is C27H32N4O3. The van der Waals surface area contributed by atoms with Crippen molar-refractivity contribution < 1.29 is 14.4 Å². The van der Waals surface area contributed by atoms with Crippen LogP contribution < -0.4 is 15.5 Å². The fourth-order valence-corrected chi connectivity index (χ4v) is 4.86. The van der Waals surface area contributed by atoms with Crippen molar-refractivity contribution in [1.82, 2.24) is 5.32 Å². The maximum Gasteiger partial charge on any atom is 0.321 e. The van der Waals surface area contributed by atoms with Gasteiger partial charge in [0.2, 0.25) is 6.17 Å². The summed E-state index contributed by atoms with van der Waals surface area (Å²) < 4.78 is 0. The molecule has 1 saturated carbocycles. The van der Waals surface area contributed by atoms with Gasteiger partial charge in [0.1, 0.15) is 0 Å². The number of nitrogens with zero attached hydrogens (tertiary/aromatic N) is 2. The van der Waals surface area contributed by atoms with E-state index in [0.29, 0.717) is 17.1 Å². The Hall–Kier alpha value is -3.48. The topological polar surface area (TPSA) is 90.9 Å². The number of Topliss-reactive ketones (excluding diaryl/α,β-unsaturated/α-hetero) is 1. The van der Waals surface area contributed by atoms with Crippen molar-refractivity contribution in [3.05, 3.63) is 59.2 Å². The van der Waals surface area contributed by atoms with Crippen LogP contribution in [-0.2, 0) is 9.59 Å². The van der Waals surface area contributed by atoms with E-state index in [9.17, 15) is 14.4 Å². The Morgan fingerprint density at radius 3 is 2.50 bits per heavy atom. The SMILES string of the molecule is CC1=NC(NC(=O)Nc2cccc(C)c2)C(=O)N(CC(=O)C2CCCCC2)c2c(C)cccc21. The van der Waals surface area contributed by atoms with E-state index in [1.54, 1.807) is 6.07 Å². The molecule has 34 heavy (non-hydrogen) atoms. The van der Waals surface area contributed by atoms with Crippen LogP contribution in [0.4, 0.5) is 16.2 Å². The molecule has 0 radical (unpaired) electrons. The van der Waals surface area contributed by atoms with Gasteiger partial charge in [-0.05, 0) is 56.9 Å². The number of aliphatic imine (C=N–C) groups is 1. The summed E-state index contributed by atoms with van der Waals surface area (Å²) in [6.07, 6.45) is 3.87. The van der Waals surface area contributed by atoms with Gasteiger partial charge in [-0.15, -0.1) is 0 Å². The van der Waals surface area contributed by atoms with Crippen molar-refractivity contribution in [1.29, 1.82) is 0 Å². The van der Waals surface area contributed by atoms with E-state index >= 15 is 0 Å². The number of ketones is 1. The molecule has 2 aromatic rings. The molecule has 2 N–H and O–H groups in total. The second kappa shape index (κ2) is 10.2. The van der Waals surface area contributed by atoms with Crippen LogP contribution in [0.15, 0.2) is 47.5 Å². The molecular weight excluding hydrogens is 428 g/mol. The molecule has 0 saturated heterocycles. The van der Waals surface area contributed by atoms with Gasteiger partial charge in [0.05, 0.1) is 12.2 Å². The zero-order valence-electron chi connectivity index (χ0n) is 20.1. The maximum absolute atomic E-state index is 13.7. The van der Waals surface area contributed by atoms with E-state index in [2.05, 4.69) is 15.6 Å². The van der Waals surface area contributed by atoms with Gasteiger partial charge < -0.3 is 15.5 Å². The number of fused-ring (bicyclic) bond motifs is 1. The van der Waals surface area contributed by atoms with Crippen LogP contribution in [0, 0.1) is 19.8 Å². The number of nitrogens with one attached hydrogen (secondary N) is 2. The summed E-state index contributed by atoms with van der Waals surface area (Å²) >= 11 is 0. The zero-order chi connectivity index (χ0) is 24.2. The third kappa shape index (κ3) is 5.19. The number of carbonyl (C=O) groups is 3. The summed E-state index contributed by atoms with van der Waals surface area (Å²) in [5, 5.41) is 5.47. The van der Waals surface area contributed by atoms with Gasteiger partial charge in [-0.25, -0.2) is 4.79 Å². The molecule has 1 aliphatic heterocycles. The summed E-state index contributed by atoms with van der Waals surface area (Å²) in [5.74, 6) is -0.351. The molecule has 0 bridgehead atoms. The van der Waals surface area contributed by atoms with Gasteiger partial charge in [0, 0.05) is 22.9 Å². The molecule has 178 valence electrons. The van der Waals surface area contributed by atoms with Gasteiger partial charge >= 0.3 is 6.03 Å². The number of carbonyl (C=O) groups excluding carboxylic acids is 3. The number of anilines is 2. The molecule has 2 aromatic carbocycles. The largest absolute Gasteiger partial charge is 0.321 e. The predicted octanol–water partition coefficient (Wildman–Crippen LogP) is 4.76. The van der Waals surface area contributed by atoms with E-state index in [0.717, 1.165) is 48.8 Å². The molecule has 0 spiro atoms. The predicted molar refractivity (Wildman–Crippen MR) is 134 cm³/mol. The molecule has 1 unspecified atom stereocenters. The summed E-state index contributed by atoms with van der Waals surface area (Å²) in [4.78, 5) is 45.7. The van der Waals surface area contributed by atoms with Crippen molar-refractivity contribution in [3.63, 3.8) is 0 Å². The first-order valence-corrected chi connectivity index (χ1v) is 12.0. The highest BCUT2D eigenvalue weighted by atomic mass is 16.2. The smallest absolute Gasteiger partial charge is 0.308 e. The molecule has 4 rings (SSSR count). The van der Waals surface area contributed by atoms with Crippen LogP contribution in [0.3, 0.4) is 0 Å². The first kappa shape index (κ1) is 23.7. The number of aryl methyl sites for hydroxylation is 2. The monoisotopic (exact) mass is 460 g/mol. The summed E-state index contributed by atoms with van der Waals surface area (Å²) in [5.41, 5.74) is 4.66. The van der Waals surface area contributed by atoms with E-state index < -0.39 is 18.1 Å². The Balaban J connectivity index is 1.60. The molecule has 1 fully saturated rings. The Morgan fingerprint density at radius 1 is 1.03 bits per heavy atom. The van der Waals surface area contributed by atoms with Gasteiger partial charge in [0.25, 0.3) is 5.91 Å². The molecule has 2 aliphatic rings. The Labute approximate surface area is 200 Å². The molecule has 1 aliphatic carbocycles. The van der Waals surface area contributed by atoms with Crippen molar-refractivity contribution in [3.8, 4) is 0 Å². The van der Waals surface area contributed by atoms with Crippen LogP contribution in [0.1, 0.15) is 55.7 Å². The number of para-hydroxylation sites is 1. The van der Waals surface area contributed by atoms with E-state index in [4.69, 9.17) is 0 Å². The number of urea groups is 1. The van der Waals surface area contributed by atoms with Crippen molar-refractivity contribution in [2.45, 2.75) is 59.0 Å². The minimum atomic E-state index is -1.13. The normalized spacial score (nSPS) is 18.6. The number of hydrogen-bond acceptors (Lipinski definition) is 4. The van der Waals surface area contributed by atoms with E-state index in [-0.39, 0.29) is 18.2 Å². The third-order valence-electron chi connectivity index (χ3n) is 6.64. The summed E-state index contributed by atoms with van der Waals surface area (Å²) in [6.45, 7) is 5.68. The number of benzodiazepines with no additional fused rings is 1. The maximum atomic E-state index is 13.7. The number of benzene rings is 2. The molecule has 7 nitrogen and oxygen atoms in total. The van der Waals surface area contributed by atoms with Crippen LogP contribution >= 0.6 is 0 Å². The average Bonchev–Trinajstić information content (AvgIpc) is 2.91. The van der Waals surface area contributed by atoms with Crippen LogP contribution in [0.5, 0.6) is 0 Å². The average molecular weight is 461 g/mol. The van der Waals surface area contributed by atoms with Crippen molar-refractivity contribution >= 4 is 34.8 Å². The highest BCUT2D eigenvalue weighted by Crippen LogP contribution is 2.31. The van der Waals surface area contributed by atoms with Gasteiger partial charge in [-0.3, -0.25) is 14.6 Å². The molecule has 3 amide bonds. The second-order valence-electron chi connectivity index (χ2n) is 9.28. The lowest BCUT2D eigenvalue weighted by Crippen LogP contribution is -2.50. The van der Waals surface area contributed by atoms with Crippen LogP contribution in [-0.4, -0.2) is 36.1 Å². The Bertz CT molecular complexity index is 1130. The first-order valence-electron chi connectivity index (χ1n) is 12.0. The lowest BCUT2D eigenvalue weighted by molar-refractivity contribution is -0.126. The highest BCUT2D eigenvalue weighted by molar-refractivity contribution is 6.14. The van der Waals surface area contributed by atoms with Gasteiger partial charge in [-0.2, -0.15) is 0 Å². The summed E-state index contributed by atoms with van der Waals surface area (Å²) in [7, 11) is 0. The molecule has 7 heteroatoms. The first-order chi connectivity index (χ1) is 16.3. The standard InChI is InChI=1S/C27H32N4O3/c1-17-9-7-13-21(15-17)29-27(34)30-25-26(33)31(16-23(32)20-11-5-4-6-12-20)24-18(2)10-8-14-22(24)19(3)28-25/h7-10,13-15,20,25H,4-6,11-12,16H2,1-3H3,(H2,29,30,34). The lowest BCUT2D eigenvalue weighted by atomic mass is 9.86. The molecule has 1 heterocycles. The van der Waals surface area contributed by atoms with Crippen molar-refractivity contribution in [2.24, 2.45) is 10.9 Å². The van der Waals surface area contributed by atoms with Gasteiger partial charge in [-0.1, -0.05) is 49.6 Å². The lowest BCUT2D eigenvalue weighted by Gasteiger charge is -2.29. The fraction of sp³-hybridized carbons (Fsp3) is 0.407. The van der Waals surface area contributed by atoms with Crippen LogP contribution in [0.2, 0.25) is 0 Å². The number of hydrogen-bond donors (Lipinski definition) is 2. The second-order valence-corrected chi connectivity index (χ2v) is 9.28. The minimum Gasteiger partial charge on any atom is -0.308 e. The van der Waals surface area contributed by atoms with Crippen LogP contribution in [0.25, 0.3) is 0 Å². The van der Waals surface area contributed by atoms with Gasteiger partial charge in [0.15, 0.2) is 5.78 Å². The Morgan fingerprint density at radius 2 is 1.76 bits per heavy atom. The van der Waals surface area contributed by atoms with E-state index in [1.807, 2.05) is 57.2 Å². The quantitative estimate of drug-likeness (QED) is 0.674. The third-order valence-corrected chi connectivity index (χ3v) is 6.64. The van der Waals surface area contributed by atoms with Crippen molar-refractivity contribution in [2.75, 3.05) is 16.8 Å². The zero-order valence-corrected chi connectivity index (χ0v) is 20.1. The molecule has 0 aromatic heterocycles. The summed E-state index contributed by atoms with van der Waals surface area (Å²) in [6, 6.07) is 12.6. The number of rotatable bonds is 5. The number of amides is 3. The fourth-order valence-electron chi connectivity index (χ4n) is 4.86. The highest BCUT2D eigenvalue weighted by Gasteiger charge is 2.35. The minimum absolute atomic E-state index is 0.0121.